The number of nitrogen functional groups attached to an aromatic ring is 1. The molecule has 0 saturated heterocycles. The van der Waals surface area contributed by atoms with Gasteiger partial charge in [-0.2, -0.15) is 0 Å². The van der Waals surface area contributed by atoms with E-state index in [1.54, 1.807) is 6.20 Å². The van der Waals surface area contributed by atoms with Gasteiger partial charge in [0.1, 0.15) is 5.82 Å². The van der Waals surface area contributed by atoms with E-state index in [-0.39, 0.29) is 5.97 Å². The first-order valence-electron chi connectivity index (χ1n) is 4.77. The molecule has 1 heterocycles. The highest BCUT2D eigenvalue weighted by atomic mass is 79.9. The number of methoxy groups -OCH3 is 1. The molecule has 0 fully saturated rings. The number of nitrogens with zero attached hydrogens (tertiary/aromatic N) is 1. The number of hydrogen-bond donors (Lipinski definition) is 2. The van der Waals surface area contributed by atoms with Crippen molar-refractivity contribution in [3.8, 4) is 0 Å². The van der Waals surface area contributed by atoms with Gasteiger partial charge in [-0.15, -0.1) is 0 Å². The summed E-state index contributed by atoms with van der Waals surface area (Å²) >= 11 is 3.39. The quantitative estimate of drug-likeness (QED) is 0.825. The van der Waals surface area contributed by atoms with Crippen molar-refractivity contribution in [2.75, 3.05) is 24.7 Å². The van der Waals surface area contributed by atoms with Crippen LogP contribution < -0.4 is 11.1 Å². The SMILES string of the molecule is COC(=O)CCNc1ncc(N)c(C)c1Br. The largest absolute Gasteiger partial charge is 0.469 e. The zero-order valence-electron chi connectivity index (χ0n) is 9.21. The van der Waals surface area contributed by atoms with Crippen molar-refractivity contribution in [3.05, 3.63) is 16.2 Å². The number of halogens is 1. The summed E-state index contributed by atoms with van der Waals surface area (Å²) < 4.78 is 5.35. The van der Waals surface area contributed by atoms with Crippen molar-refractivity contribution < 1.29 is 9.53 Å². The van der Waals surface area contributed by atoms with Crippen LogP contribution in [0.2, 0.25) is 0 Å². The molecule has 0 spiro atoms. The van der Waals surface area contributed by atoms with Gasteiger partial charge in [-0.3, -0.25) is 4.79 Å². The molecule has 1 rings (SSSR count). The van der Waals surface area contributed by atoms with Crippen LogP contribution in [-0.4, -0.2) is 24.6 Å². The Morgan fingerprint density at radius 1 is 1.69 bits per heavy atom. The third kappa shape index (κ3) is 3.10. The van der Waals surface area contributed by atoms with Crippen LogP contribution in [0.4, 0.5) is 11.5 Å². The van der Waals surface area contributed by atoms with E-state index >= 15 is 0 Å². The van der Waals surface area contributed by atoms with Crippen LogP contribution in [0.1, 0.15) is 12.0 Å². The summed E-state index contributed by atoms with van der Waals surface area (Å²) in [5.74, 6) is 0.423. The van der Waals surface area contributed by atoms with Crippen LogP contribution in [0, 0.1) is 6.92 Å². The van der Waals surface area contributed by atoms with Crippen molar-refractivity contribution in [1.82, 2.24) is 4.98 Å². The van der Waals surface area contributed by atoms with E-state index in [2.05, 4.69) is 31.0 Å². The molecule has 0 aromatic carbocycles. The average molecular weight is 288 g/mol. The highest BCUT2D eigenvalue weighted by Gasteiger charge is 2.07. The third-order valence-corrected chi connectivity index (χ3v) is 3.12. The van der Waals surface area contributed by atoms with Crippen LogP contribution in [0.15, 0.2) is 10.7 Å². The summed E-state index contributed by atoms with van der Waals surface area (Å²) in [6, 6.07) is 0. The maximum atomic E-state index is 10.9. The summed E-state index contributed by atoms with van der Waals surface area (Å²) in [4.78, 5) is 15.0. The third-order valence-electron chi connectivity index (χ3n) is 2.15. The fraction of sp³-hybridized carbons (Fsp3) is 0.400. The van der Waals surface area contributed by atoms with E-state index in [1.807, 2.05) is 6.92 Å². The summed E-state index contributed by atoms with van der Waals surface area (Å²) in [7, 11) is 1.36. The van der Waals surface area contributed by atoms with Crippen LogP contribution >= 0.6 is 15.9 Å². The molecular formula is C10H14BrN3O2. The molecule has 0 aliphatic rings. The number of carbonyl (C=O) groups excluding carboxylic acids is 1. The van der Waals surface area contributed by atoms with Gasteiger partial charge in [0.15, 0.2) is 0 Å². The van der Waals surface area contributed by atoms with Gasteiger partial charge in [-0.1, -0.05) is 0 Å². The minimum absolute atomic E-state index is 0.254. The number of anilines is 2. The Labute approximate surface area is 103 Å². The maximum absolute atomic E-state index is 10.9. The number of nitrogens with one attached hydrogen (secondary N) is 1. The summed E-state index contributed by atoms with van der Waals surface area (Å²) in [6.07, 6.45) is 1.88. The number of pyridine rings is 1. The normalized spacial score (nSPS) is 9.94. The highest BCUT2D eigenvalue weighted by Crippen LogP contribution is 2.27. The predicted octanol–water partition coefficient (Wildman–Crippen LogP) is 1.71. The lowest BCUT2D eigenvalue weighted by Crippen LogP contribution is -2.11. The molecule has 5 nitrogen and oxygen atoms in total. The van der Waals surface area contributed by atoms with Gasteiger partial charge < -0.3 is 15.8 Å². The second kappa shape index (κ2) is 5.69. The second-order valence-electron chi connectivity index (χ2n) is 3.25. The molecule has 1 aromatic rings. The molecule has 0 aliphatic carbocycles. The number of carbonyl (C=O) groups is 1. The minimum atomic E-state index is -0.254. The molecule has 88 valence electrons. The first-order chi connectivity index (χ1) is 7.56. The van der Waals surface area contributed by atoms with Crippen LogP contribution in [0.3, 0.4) is 0 Å². The monoisotopic (exact) mass is 287 g/mol. The Hall–Kier alpha value is -1.30. The minimum Gasteiger partial charge on any atom is -0.469 e. The molecule has 0 radical (unpaired) electrons. The Morgan fingerprint density at radius 3 is 3.00 bits per heavy atom. The predicted molar refractivity (Wildman–Crippen MR) is 66.2 cm³/mol. The Bertz CT molecular complexity index is 396. The lowest BCUT2D eigenvalue weighted by molar-refractivity contribution is -0.140. The van der Waals surface area contributed by atoms with Gasteiger partial charge >= 0.3 is 5.97 Å². The standard InChI is InChI=1S/C10H14BrN3O2/c1-6-7(12)5-14-10(9(6)11)13-4-3-8(15)16-2/h5H,3-4,12H2,1-2H3,(H,13,14). The molecule has 0 saturated carbocycles. The van der Waals surface area contributed by atoms with Gasteiger partial charge in [0.25, 0.3) is 0 Å². The smallest absolute Gasteiger partial charge is 0.307 e. The van der Waals surface area contributed by atoms with Gasteiger partial charge in [-0.25, -0.2) is 4.98 Å². The van der Waals surface area contributed by atoms with E-state index in [0.717, 1.165) is 10.0 Å². The molecule has 3 N–H and O–H groups in total. The molecular weight excluding hydrogens is 274 g/mol. The number of ether oxygens (including phenoxy) is 1. The molecule has 0 atom stereocenters. The first kappa shape index (κ1) is 12.8. The van der Waals surface area contributed by atoms with E-state index in [0.29, 0.717) is 24.5 Å². The number of hydrogen-bond acceptors (Lipinski definition) is 5. The highest BCUT2D eigenvalue weighted by molar-refractivity contribution is 9.10. The van der Waals surface area contributed by atoms with Gasteiger partial charge in [0.2, 0.25) is 0 Å². The van der Waals surface area contributed by atoms with Gasteiger partial charge in [-0.05, 0) is 28.4 Å². The van der Waals surface area contributed by atoms with Crippen molar-refractivity contribution in [1.29, 1.82) is 0 Å². The van der Waals surface area contributed by atoms with Crippen molar-refractivity contribution in [2.24, 2.45) is 0 Å². The summed E-state index contributed by atoms with van der Waals surface area (Å²) in [6.45, 7) is 2.37. The fourth-order valence-corrected chi connectivity index (χ4v) is 1.57. The molecule has 0 unspecified atom stereocenters. The van der Waals surface area contributed by atoms with E-state index in [1.165, 1.54) is 7.11 Å². The van der Waals surface area contributed by atoms with Crippen molar-refractivity contribution >= 4 is 33.4 Å². The van der Waals surface area contributed by atoms with Crippen molar-refractivity contribution in [3.63, 3.8) is 0 Å². The molecule has 0 aliphatic heterocycles. The fourth-order valence-electron chi connectivity index (χ4n) is 1.10. The molecule has 6 heteroatoms. The number of rotatable bonds is 4. The molecule has 1 aromatic heterocycles. The number of esters is 1. The van der Waals surface area contributed by atoms with Crippen LogP contribution in [-0.2, 0) is 9.53 Å². The van der Waals surface area contributed by atoms with Gasteiger partial charge in [0.05, 0.1) is 29.9 Å². The average Bonchev–Trinajstić information content (AvgIpc) is 2.29. The zero-order valence-corrected chi connectivity index (χ0v) is 10.8. The first-order valence-corrected chi connectivity index (χ1v) is 5.56. The van der Waals surface area contributed by atoms with Crippen molar-refractivity contribution in [2.45, 2.75) is 13.3 Å². The molecule has 0 bridgehead atoms. The lowest BCUT2D eigenvalue weighted by Gasteiger charge is -2.10. The van der Waals surface area contributed by atoms with E-state index < -0.39 is 0 Å². The number of aromatic nitrogens is 1. The molecule has 16 heavy (non-hydrogen) atoms. The second-order valence-corrected chi connectivity index (χ2v) is 4.05. The van der Waals surface area contributed by atoms with Gasteiger partial charge in [0, 0.05) is 6.54 Å². The maximum Gasteiger partial charge on any atom is 0.307 e. The Kier molecular flexibility index (Phi) is 4.54. The lowest BCUT2D eigenvalue weighted by atomic mass is 10.2. The van der Waals surface area contributed by atoms with Crippen LogP contribution in [0.25, 0.3) is 0 Å². The summed E-state index contributed by atoms with van der Waals surface area (Å²) in [5, 5.41) is 3.03. The molecule has 0 amide bonds. The Balaban J connectivity index is 2.61. The van der Waals surface area contributed by atoms with E-state index in [9.17, 15) is 4.79 Å². The number of nitrogens with two attached hydrogens (primary N) is 1. The summed E-state index contributed by atoms with van der Waals surface area (Å²) in [5.41, 5.74) is 7.25. The Morgan fingerprint density at radius 2 is 2.38 bits per heavy atom. The zero-order chi connectivity index (χ0) is 12.1. The topological polar surface area (TPSA) is 77.2 Å². The van der Waals surface area contributed by atoms with E-state index in [4.69, 9.17) is 5.73 Å². The van der Waals surface area contributed by atoms with Crippen LogP contribution in [0.5, 0.6) is 0 Å².